The first-order valence-corrected chi connectivity index (χ1v) is 9.63. The molecule has 1 saturated carbocycles. The number of aromatic hydroxyl groups is 1. The third kappa shape index (κ3) is 3.13. The number of nitrogens with zero attached hydrogens (tertiary/aromatic N) is 4. The number of phenolic OH excluding ortho intramolecular Hbond substituents is 1. The molecule has 0 spiro atoms. The topological polar surface area (TPSA) is 110 Å². The van der Waals surface area contributed by atoms with Crippen molar-refractivity contribution in [3.8, 4) is 17.1 Å². The van der Waals surface area contributed by atoms with Crippen LogP contribution in [0, 0.1) is 6.92 Å². The summed E-state index contributed by atoms with van der Waals surface area (Å²) in [6.45, 7) is 1.76. The van der Waals surface area contributed by atoms with Crippen molar-refractivity contribution in [2.75, 3.05) is 4.72 Å². The molecule has 0 saturated heterocycles. The lowest BCUT2D eigenvalue weighted by Crippen LogP contribution is -2.13. The fourth-order valence-electron chi connectivity index (χ4n) is 2.72. The Hall–Kier alpha value is -2.94. The fourth-order valence-corrected chi connectivity index (χ4v) is 3.95. The van der Waals surface area contributed by atoms with Crippen LogP contribution in [0.15, 0.2) is 47.4 Å². The SMILES string of the molecule is Cc1ccc(O)c(S(=O)(=O)Nc2cccc(-c3nnnn3C3CC3)c2)c1. The van der Waals surface area contributed by atoms with E-state index in [-0.39, 0.29) is 10.6 Å². The molecule has 3 aromatic rings. The molecule has 1 heterocycles. The summed E-state index contributed by atoms with van der Waals surface area (Å²) in [7, 11) is -3.92. The van der Waals surface area contributed by atoms with Crippen LogP contribution in [-0.4, -0.2) is 33.7 Å². The Morgan fingerprint density at radius 2 is 2.00 bits per heavy atom. The molecule has 0 atom stereocenters. The molecule has 2 N–H and O–H groups in total. The lowest BCUT2D eigenvalue weighted by Gasteiger charge is -2.11. The predicted octanol–water partition coefficient (Wildman–Crippen LogP) is 2.49. The third-order valence-corrected chi connectivity index (χ3v) is 5.57. The van der Waals surface area contributed by atoms with E-state index < -0.39 is 10.0 Å². The van der Waals surface area contributed by atoms with Crippen molar-refractivity contribution >= 4 is 15.7 Å². The number of hydrogen-bond acceptors (Lipinski definition) is 6. The van der Waals surface area contributed by atoms with Gasteiger partial charge in [0.05, 0.1) is 6.04 Å². The van der Waals surface area contributed by atoms with Gasteiger partial charge in [0.2, 0.25) is 0 Å². The van der Waals surface area contributed by atoms with Crippen LogP contribution in [0.4, 0.5) is 5.69 Å². The minimum Gasteiger partial charge on any atom is -0.507 e. The van der Waals surface area contributed by atoms with Gasteiger partial charge in [-0.1, -0.05) is 18.2 Å². The maximum Gasteiger partial charge on any atom is 0.265 e. The van der Waals surface area contributed by atoms with Gasteiger partial charge < -0.3 is 5.11 Å². The summed E-state index contributed by atoms with van der Waals surface area (Å²) in [4.78, 5) is -0.161. The molecule has 1 aromatic heterocycles. The second kappa shape index (κ2) is 6.10. The number of phenols is 1. The molecule has 1 fully saturated rings. The van der Waals surface area contributed by atoms with Crippen LogP contribution in [0.3, 0.4) is 0 Å². The number of hydrogen-bond donors (Lipinski definition) is 2. The molecule has 9 heteroatoms. The maximum absolute atomic E-state index is 12.6. The minimum absolute atomic E-state index is 0.161. The fraction of sp³-hybridized carbons (Fsp3) is 0.235. The zero-order chi connectivity index (χ0) is 18.3. The van der Waals surface area contributed by atoms with E-state index in [1.54, 1.807) is 35.9 Å². The minimum atomic E-state index is -3.92. The number of anilines is 1. The summed E-state index contributed by atoms with van der Waals surface area (Å²) < 4.78 is 29.5. The highest BCUT2D eigenvalue weighted by Gasteiger charge is 2.28. The van der Waals surface area contributed by atoms with Crippen molar-refractivity contribution in [1.29, 1.82) is 0 Å². The molecule has 26 heavy (non-hydrogen) atoms. The number of sulfonamides is 1. The number of aromatic nitrogens is 4. The Morgan fingerprint density at radius 3 is 2.77 bits per heavy atom. The van der Waals surface area contributed by atoms with Crippen molar-refractivity contribution in [1.82, 2.24) is 20.2 Å². The van der Waals surface area contributed by atoms with Crippen molar-refractivity contribution in [2.45, 2.75) is 30.7 Å². The molecule has 1 aliphatic carbocycles. The number of tetrazole rings is 1. The van der Waals surface area contributed by atoms with Gasteiger partial charge in [0, 0.05) is 11.3 Å². The van der Waals surface area contributed by atoms with Crippen LogP contribution in [0.25, 0.3) is 11.4 Å². The molecule has 2 aromatic carbocycles. The lowest BCUT2D eigenvalue weighted by molar-refractivity contribution is 0.459. The smallest absolute Gasteiger partial charge is 0.265 e. The first-order valence-electron chi connectivity index (χ1n) is 8.15. The van der Waals surface area contributed by atoms with Gasteiger partial charge in [-0.15, -0.1) is 5.10 Å². The van der Waals surface area contributed by atoms with Crippen LogP contribution < -0.4 is 4.72 Å². The van der Waals surface area contributed by atoms with E-state index in [0.29, 0.717) is 17.6 Å². The first kappa shape index (κ1) is 16.5. The number of aryl methyl sites for hydroxylation is 1. The molecule has 4 rings (SSSR count). The van der Waals surface area contributed by atoms with Crippen molar-refractivity contribution in [3.63, 3.8) is 0 Å². The van der Waals surface area contributed by atoms with Gasteiger partial charge in [-0.2, -0.15) is 0 Å². The number of nitrogens with one attached hydrogen (secondary N) is 1. The van der Waals surface area contributed by atoms with Gasteiger partial charge in [-0.05, 0) is 60.0 Å². The van der Waals surface area contributed by atoms with E-state index in [1.165, 1.54) is 12.1 Å². The molecule has 0 amide bonds. The molecule has 0 bridgehead atoms. The quantitative estimate of drug-likeness (QED) is 0.713. The summed E-state index contributed by atoms with van der Waals surface area (Å²) in [6.07, 6.45) is 2.08. The molecule has 134 valence electrons. The molecular formula is C17H17N5O3S. The van der Waals surface area contributed by atoms with E-state index in [9.17, 15) is 13.5 Å². The van der Waals surface area contributed by atoms with Crippen LogP contribution in [0.1, 0.15) is 24.4 Å². The summed E-state index contributed by atoms with van der Waals surface area (Å²) >= 11 is 0. The van der Waals surface area contributed by atoms with Crippen molar-refractivity contribution < 1.29 is 13.5 Å². The van der Waals surface area contributed by atoms with Gasteiger partial charge in [-0.25, -0.2) is 13.1 Å². The number of benzene rings is 2. The first-order chi connectivity index (χ1) is 12.4. The van der Waals surface area contributed by atoms with Gasteiger partial charge in [0.25, 0.3) is 10.0 Å². The van der Waals surface area contributed by atoms with E-state index in [4.69, 9.17) is 0 Å². The van der Waals surface area contributed by atoms with Gasteiger partial charge in [0.1, 0.15) is 10.6 Å². The predicted molar refractivity (Wildman–Crippen MR) is 95.2 cm³/mol. The summed E-state index contributed by atoms with van der Waals surface area (Å²) in [5, 5.41) is 21.7. The Labute approximate surface area is 150 Å². The van der Waals surface area contributed by atoms with Crippen LogP contribution in [-0.2, 0) is 10.0 Å². The normalized spacial score (nSPS) is 14.3. The zero-order valence-corrected chi connectivity index (χ0v) is 14.8. The summed E-state index contributed by atoms with van der Waals surface area (Å²) in [6, 6.07) is 11.6. The highest BCUT2D eigenvalue weighted by molar-refractivity contribution is 7.92. The molecule has 0 unspecified atom stereocenters. The van der Waals surface area contributed by atoms with E-state index in [2.05, 4.69) is 20.2 Å². The van der Waals surface area contributed by atoms with Gasteiger partial charge in [0.15, 0.2) is 5.82 Å². The highest BCUT2D eigenvalue weighted by Crippen LogP contribution is 2.37. The molecule has 1 aliphatic rings. The molecule has 8 nitrogen and oxygen atoms in total. The van der Waals surface area contributed by atoms with Gasteiger partial charge >= 0.3 is 0 Å². The monoisotopic (exact) mass is 371 g/mol. The molecule has 0 aliphatic heterocycles. The van der Waals surface area contributed by atoms with Gasteiger partial charge in [-0.3, -0.25) is 4.72 Å². The second-order valence-electron chi connectivity index (χ2n) is 6.34. The maximum atomic E-state index is 12.6. The molecular weight excluding hydrogens is 354 g/mol. The molecule has 0 radical (unpaired) electrons. The lowest BCUT2D eigenvalue weighted by atomic mass is 10.2. The Kier molecular flexibility index (Phi) is 3.87. The highest BCUT2D eigenvalue weighted by atomic mass is 32.2. The average molecular weight is 371 g/mol. The Morgan fingerprint density at radius 1 is 1.19 bits per heavy atom. The van der Waals surface area contributed by atoms with E-state index >= 15 is 0 Å². The van der Waals surface area contributed by atoms with Crippen LogP contribution in [0.5, 0.6) is 5.75 Å². The largest absolute Gasteiger partial charge is 0.507 e. The Bertz CT molecular complexity index is 1070. The average Bonchev–Trinajstić information content (AvgIpc) is 3.33. The van der Waals surface area contributed by atoms with Crippen molar-refractivity contribution in [3.05, 3.63) is 48.0 Å². The van der Waals surface area contributed by atoms with E-state index in [1.807, 2.05) is 6.07 Å². The van der Waals surface area contributed by atoms with Crippen LogP contribution in [0.2, 0.25) is 0 Å². The standard InChI is InChI=1S/C17H17N5O3S/c1-11-5-8-15(23)16(9-11)26(24,25)19-13-4-2-3-12(10-13)17-18-20-21-22(17)14-6-7-14/h2-5,8-10,14,19,23H,6-7H2,1H3. The summed E-state index contributed by atoms with van der Waals surface area (Å²) in [5.41, 5.74) is 1.82. The number of rotatable bonds is 5. The van der Waals surface area contributed by atoms with Crippen LogP contribution >= 0.6 is 0 Å². The van der Waals surface area contributed by atoms with E-state index in [0.717, 1.165) is 24.0 Å². The van der Waals surface area contributed by atoms with Crippen molar-refractivity contribution in [2.24, 2.45) is 0 Å². The second-order valence-corrected chi connectivity index (χ2v) is 7.99. The summed E-state index contributed by atoms with van der Waals surface area (Å²) in [5.74, 6) is 0.309. The zero-order valence-electron chi connectivity index (χ0n) is 14.0. The third-order valence-electron chi connectivity index (χ3n) is 4.16. The Balaban J connectivity index is 1.67.